The van der Waals surface area contributed by atoms with Gasteiger partial charge in [-0.2, -0.15) is 0 Å². The normalized spacial score (nSPS) is 13.6. The van der Waals surface area contributed by atoms with E-state index in [-0.39, 0.29) is 5.78 Å². The predicted octanol–water partition coefficient (Wildman–Crippen LogP) is 5.78. The van der Waals surface area contributed by atoms with Crippen LogP contribution in [0.15, 0.2) is 59.1 Å². The number of hydrogen-bond donors (Lipinski definition) is 0. The van der Waals surface area contributed by atoms with Crippen molar-refractivity contribution in [3.05, 3.63) is 76.4 Å². The summed E-state index contributed by atoms with van der Waals surface area (Å²) >= 11 is 3.17. The molecule has 1 aromatic carbocycles. The summed E-state index contributed by atoms with van der Waals surface area (Å²) < 4.78 is 4.44. The zero-order chi connectivity index (χ0) is 21.4. The first-order valence-corrected chi connectivity index (χ1v) is 12.3. The quantitative estimate of drug-likeness (QED) is 0.253. The molecule has 0 radical (unpaired) electrons. The summed E-state index contributed by atoms with van der Waals surface area (Å²) in [5.41, 5.74) is 4.17. The number of ketones is 1. The summed E-state index contributed by atoms with van der Waals surface area (Å²) in [6.07, 6.45) is 2.30. The molecule has 4 aromatic rings. The number of thiophene rings is 1. The molecule has 1 fully saturated rings. The number of benzene rings is 1. The number of aryl methyl sites for hydroxylation is 1. The number of carbonyl (C=O) groups excluding carboxylic acids is 1. The first-order chi connectivity index (χ1) is 15.1. The molecule has 0 N–H and O–H groups in total. The number of thioether (sulfide) groups is 1. The summed E-state index contributed by atoms with van der Waals surface area (Å²) in [6, 6.07) is 16.9. The van der Waals surface area contributed by atoms with E-state index in [4.69, 9.17) is 0 Å². The monoisotopic (exact) mass is 448 g/mol. The van der Waals surface area contributed by atoms with Crippen LogP contribution in [0.5, 0.6) is 0 Å². The highest BCUT2D eigenvalue weighted by molar-refractivity contribution is 7.99. The molecule has 158 valence electrons. The summed E-state index contributed by atoms with van der Waals surface area (Å²) in [7, 11) is 0. The van der Waals surface area contributed by atoms with Crippen LogP contribution in [0.25, 0.3) is 10.7 Å². The molecule has 0 spiro atoms. The number of nitrogens with zero attached hydrogens (tertiary/aromatic N) is 4. The molecule has 3 heterocycles. The summed E-state index contributed by atoms with van der Waals surface area (Å²) in [5, 5.41) is 11.8. The van der Waals surface area contributed by atoms with Gasteiger partial charge in [0.2, 0.25) is 0 Å². The van der Waals surface area contributed by atoms with Crippen molar-refractivity contribution >= 4 is 28.9 Å². The zero-order valence-corrected chi connectivity index (χ0v) is 19.2. The lowest BCUT2D eigenvalue weighted by Crippen LogP contribution is -2.08. The number of Topliss-reactive ketones (excluding diaryl/α,β-unsaturated/α-hetero) is 1. The van der Waals surface area contributed by atoms with Gasteiger partial charge in [-0.3, -0.25) is 9.36 Å². The molecule has 0 saturated heterocycles. The molecular formula is C24H24N4OS2. The highest BCUT2D eigenvalue weighted by Crippen LogP contribution is 2.41. The largest absolute Gasteiger partial charge is 0.344 e. The molecule has 1 aliphatic rings. The Balaban J connectivity index is 1.33. The second-order valence-electron chi connectivity index (χ2n) is 7.95. The summed E-state index contributed by atoms with van der Waals surface area (Å²) in [5.74, 6) is 1.43. The van der Waals surface area contributed by atoms with E-state index in [0.29, 0.717) is 11.8 Å². The molecule has 0 atom stereocenters. The Labute approximate surface area is 190 Å². The minimum atomic E-state index is 0.139. The number of carbonyl (C=O) groups is 1. The van der Waals surface area contributed by atoms with Crippen molar-refractivity contribution in [1.82, 2.24) is 19.3 Å². The van der Waals surface area contributed by atoms with Crippen LogP contribution in [0.2, 0.25) is 0 Å². The van der Waals surface area contributed by atoms with Crippen molar-refractivity contribution in [3.8, 4) is 10.7 Å². The molecule has 5 nitrogen and oxygen atoms in total. The van der Waals surface area contributed by atoms with Crippen molar-refractivity contribution in [2.24, 2.45) is 0 Å². The minimum absolute atomic E-state index is 0.139. The Morgan fingerprint density at radius 3 is 2.65 bits per heavy atom. The van der Waals surface area contributed by atoms with Crippen LogP contribution >= 0.6 is 23.1 Å². The lowest BCUT2D eigenvalue weighted by molar-refractivity contribution is 0.102. The van der Waals surface area contributed by atoms with Crippen molar-refractivity contribution in [1.29, 1.82) is 0 Å². The zero-order valence-electron chi connectivity index (χ0n) is 17.6. The van der Waals surface area contributed by atoms with Gasteiger partial charge in [0.15, 0.2) is 16.8 Å². The van der Waals surface area contributed by atoms with E-state index in [1.807, 2.05) is 37.3 Å². The fourth-order valence-electron chi connectivity index (χ4n) is 3.91. The summed E-state index contributed by atoms with van der Waals surface area (Å²) in [6.45, 7) is 4.88. The van der Waals surface area contributed by atoms with Gasteiger partial charge < -0.3 is 4.57 Å². The van der Waals surface area contributed by atoms with Gasteiger partial charge in [0.05, 0.1) is 10.6 Å². The molecule has 5 rings (SSSR count). The topological polar surface area (TPSA) is 52.7 Å². The SMILES string of the molecule is Cc1cc(C(=O)CSc2nnc(-c3cccs3)n2C2CC2)c(C)n1Cc1ccccc1. The molecule has 7 heteroatoms. The molecule has 1 aliphatic carbocycles. The van der Waals surface area contributed by atoms with Crippen LogP contribution in [-0.4, -0.2) is 30.9 Å². The Bertz CT molecular complexity index is 1200. The van der Waals surface area contributed by atoms with Crippen LogP contribution in [0.1, 0.15) is 46.2 Å². The van der Waals surface area contributed by atoms with Crippen LogP contribution in [0.4, 0.5) is 0 Å². The van der Waals surface area contributed by atoms with E-state index in [1.165, 1.54) is 17.3 Å². The molecular weight excluding hydrogens is 424 g/mol. The van der Waals surface area contributed by atoms with Crippen LogP contribution in [-0.2, 0) is 6.54 Å². The first kappa shape index (κ1) is 20.3. The number of rotatable bonds is 8. The first-order valence-electron chi connectivity index (χ1n) is 10.5. The predicted molar refractivity (Wildman–Crippen MR) is 126 cm³/mol. The molecule has 3 aromatic heterocycles. The maximum atomic E-state index is 13.1. The average Bonchev–Trinajstić information content (AvgIpc) is 3.19. The van der Waals surface area contributed by atoms with Gasteiger partial charge in [0.1, 0.15) is 0 Å². The Hall–Kier alpha value is -2.64. The van der Waals surface area contributed by atoms with Crippen molar-refractivity contribution in [2.45, 2.75) is 44.4 Å². The maximum absolute atomic E-state index is 13.1. The van der Waals surface area contributed by atoms with E-state index in [2.05, 4.69) is 49.8 Å². The van der Waals surface area contributed by atoms with Gasteiger partial charge >= 0.3 is 0 Å². The van der Waals surface area contributed by atoms with Crippen LogP contribution in [0, 0.1) is 13.8 Å². The fraction of sp³-hybridized carbons (Fsp3) is 0.292. The third-order valence-electron chi connectivity index (χ3n) is 5.71. The third-order valence-corrected chi connectivity index (χ3v) is 7.52. The van der Waals surface area contributed by atoms with Gasteiger partial charge in [0.25, 0.3) is 0 Å². The van der Waals surface area contributed by atoms with Crippen molar-refractivity contribution in [2.75, 3.05) is 5.75 Å². The third kappa shape index (κ3) is 4.12. The fourth-order valence-corrected chi connectivity index (χ4v) is 5.51. The second-order valence-corrected chi connectivity index (χ2v) is 9.84. The second kappa shape index (κ2) is 8.48. The smallest absolute Gasteiger partial charge is 0.192 e. The van der Waals surface area contributed by atoms with E-state index >= 15 is 0 Å². The minimum Gasteiger partial charge on any atom is -0.344 e. The molecule has 1 saturated carbocycles. The Morgan fingerprint density at radius 2 is 1.94 bits per heavy atom. The lowest BCUT2D eigenvalue weighted by atomic mass is 10.2. The maximum Gasteiger partial charge on any atom is 0.192 e. The number of hydrogen-bond acceptors (Lipinski definition) is 5. The van der Waals surface area contributed by atoms with E-state index in [0.717, 1.165) is 52.2 Å². The highest BCUT2D eigenvalue weighted by Gasteiger charge is 2.30. The molecule has 0 aliphatic heterocycles. The van der Waals surface area contributed by atoms with Crippen LogP contribution < -0.4 is 0 Å². The average molecular weight is 449 g/mol. The van der Waals surface area contributed by atoms with Crippen molar-refractivity contribution in [3.63, 3.8) is 0 Å². The van der Waals surface area contributed by atoms with Crippen LogP contribution in [0.3, 0.4) is 0 Å². The number of aromatic nitrogens is 4. The summed E-state index contributed by atoms with van der Waals surface area (Å²) in [4.78, 5) is 14.2. The standard InChI is InChI=1S/C24H24N4OS2/c1-16-13-20(17(2)27(16)14-18-7-4-3-5-8-18)21(29)15-31-24-26-25-23(22-9-6-12-30-22)28(24)19-10-11-19/h3-9,12-13,19H,10-11,14-15H2,1-2H3. The van der Waals surface area contributed by atoms with E-state index < -0.39 is 0 Å². The molecule has 0 amide bonds. The highest BCUT2D eigenvalue weighted by atomic mass is 32.2. The van der Waals surface area contributed by atoms with Gasteiger partial charge in [-0.25, -0.2) is 0 Å². The van der Waals surface area contributed by atoms with Gasteiger partial charge in [-0.15, -0.1) is 21.5 Å². The molecule has 31 heavy (non-hydrogen) atoms. The Kier molecular flexibility index (Phi) is 5.54. The van der Waals surface area contributed by atoms with Gasteiger partial charge in [-0.05, 0) is 49.8 Å². The lowest BCUT2D eigenvalue weighted by Gasteiger charge is -2.10. The van der Waals surface area contributed by atoms with E-state index in [1.54, 1.807) is 11.3 Å². The molecule has 0 unspecified atom stereocenters. The van der Waals surface area contributed by atoms with Gasteiger partial charge in [-0.1, -0.05) is 48.2 Å². The van der Waals surface area contributed by atoms with Crippen molar-refractivity contribution < 1.29 is 4.79 Å². The Morgan fingerprint density at radius 1 is 1.13 bits per heavy atom. The molecule has 0 bridgehead atoms. The van der Waals surface area contributed by atoms with E-state index in [9.17, 15) is 4.79 Å². The van der Waals surface area contributed by atoms with Gasteiger partial charge in [0, 0.05) is 29.5 Å².